The zero-order chi connectivity index (χ0) is 21.8. The molecule has 1 heterocycles. The molecule has 0 aliphatic rings. The molecule has 0 spiro atoms. The molecule has 3 aromatic rings. The average Bonchev–Trinajstić information content (AvgIpc) is 3.17. The number of rotatable bonds is 8. The Hall–Kier alpha value is -2.91. The first-order valence-electron chi connectivity index (χ1n) is 9.21. The molecular formula is C21H24FN3O4S. The van der Waals surface area contributed by atoms with Crippen LogP contribution in [0.3, 0.4) is 0 Å². The van der Waals surface area contributed by atoms with Crippen LogP contribution in [0.25, 0.3) is 10.2 Å². The molecule has 0 saturated carbocycles. The number of para-hydroxylation sites is 1. The van der Waals surface area contributed by atoms with Crippen molar-refractivity contribution in [3.63, 3.8) is 0 Å². The van der Waals surface area contributed by atoms with E-state index < -0.39 is 5.82 Å². The zero-order valence-corrected chi connectivity index (χ0v) is 18.4. The van der Waals surface area contributed by atoms with Gasteiger partial charge in [0.05, 0.1) is 26.0 Å². The van der Waals surface area contributed by atoms with E-state index in [1.54, 1.807) is 29.2 Å². The van der Waals surface area contributed by atoms with Gasteiger partial charge in [-0.25, -0.2) is 9.37 Å². The van der Waals surface area contributed by atoms with Crippen LogP contribution in [0.1, 0.15) is 10.4 Å². The van der Waals surface area contributed by atoms with Gasteiger partial charge in [-0.3, -0.25) is 9.69 Å². The van der Waals surface area contributed by atoms with Crippen molar-refractivity contribution in [2.24, 2.45) is 0 Å². The molecule has 30 heavy (non-hydrogen) atoms. The summed E-state index contributed by atoms with van der Waals surface area (Å²) in [6, 6.07) is 7.97. The first-order chi connectivity index (χ1) is 14.4. The Morgan fingerprint density at radius 1 is 1.07 bits per heavy atom. The van der Waals surface area contributed by atoms with Crippen molar-refractivity contribution in [2.75, 3.05) is 53.4 Å². The van der Waals surface area contributed by atoms with Gasteiger partial charge in [0.25, 0.3) is 5.91 Å². The molecule has 0 saturated heterocycles. The minimum Gasteiger partial charge on any atom is -0.493 e. The smallest absolute Gasteiger partial charge is 0.260 e. The van der Waals surface area contributed by atoms with E-state index in [2.05, 4.69) is 4.98 Å². The first kappa shape index (κ1) is 21.8. The summed E-state index contributed by atoms with van der Waals surface area (Å²) in [5, 5.41) is 0.427. The molecule has 7 nitrogen and oxygen atoms in total. The lowest BCUT2D eigenvalue weighted by atomic mass is 10.1. The molecule has 1 aromatic heterocycles. The van der Waals surface area contributed by atoms with Crippen LogP contribution < -0.4 is 19.1 Å². The van der Waals surface area contributed by atoms with Crippen LogP contribution in [-0.2, 0) is 0 Å². The lowest BCUT2D eigenvalue weighted by Gasteiger charge is -2.23. The van der Waals surface area contributed by atoms with Crippen LogP contribution in [0, 0.1) is 5.82 Å². The number of likely N-dealkylation sites (N-methyl/N-ethyl adjacent to an activating group) is 1. The van der Waals surface area contributed by atoms with E-state index in [1.807, 2.05) is 19.0 Å². The summed E-state index contributed by atoms with van der Waals surface area (Å²) in [5.74, 6) is 0.447. The number of aromatic nitrogens is 1. The Bertz CT molecular complexity index is 1030. The number of methoxy groups -OCH3 is 3. The first-order valence-corrected chi connectivity index (χ1v) is 10.0. The van der Waals surface area contributed by atoms with Crippen molar-refractivity contribution in [3.8, 4) is 17.2 Å². The quantitative estimate of drug-likeness (QED) is 0.540. The van der Waals surface area contributed by atoms with Crippen LogP contribution in [0.5, 0.6) is 17.2 Å². The van der Waals surface area contributed by atoms with Crippen molar-refractivity contribution >= 4 is 32.6 Å². The summed E-state index contributed by atoms with van der Waals surface area (Å²) < 4.78 is 30.9. The minimum atomic E-state index is -0.414. The molecule has 0 N–H and O–H groups in total. The number of nitrogens with zero attached hydrogens (tertiary/aromatic N) is 3. The van der Waals surface area contributed by atoms with Gasteiger partial charge in [-0.05, 0) is 38.4 Å². The van der Waals surface area contributed by atoms with Crippen LogP contribution in [0.2, 0.25) is 0 Å². The third-order valence-electron chi connectivity index (χ3n) is 4.52. The summed E-state index contributed by atoms with van der Waals surface area (Å²) in [6.07, 6.45) is 0. The molecule has 160 valence electrons. The maximum Gasteiger partial charge on any atom is 0.260 e. The molecule has 0 aliphatic heterocycles. The normalized spacial score (nSPS) is 11.0. The van der Waals surface area contributed by atoms with Gasteiger partial charge in [-0.1, -0.05) is 17.4 Å². The number of halogens is 1. The maximum atomic E-state index is 14.2. The molecule has 1 amide bonds. The van der Waals surface area contributed by atoms with Gasteiger partial charge >= 0.3 is 0 Å². The maximum absolute atomic E-state index is 14.2. The predicted molar refractivity (Wildman–Crippen MR) is 116 cm³/mol. The van der Waals surface area contributed by atoms with E-state index in [0.717, 1.165) is 0 Å². The fourth-order valence-electron chi connectivity index (χ4n) is 2.96. The second-order valence-electron chi connectivity index (χ2n) is 6.76. The van der Waals surface area contributed by atoms with Gasteiger partial charge in [-0.15, -0.1) is 0 Å². The Morgan fingerprint density at radius 2 is 1.73 bits per heavy atom. The van der Waals surface area contributed by atoms with Gasteiger partial charge in [0.2, 0.25) is 5.75 Å². The van der Waals surface area contributed by atoms with Crippen LogP contribution in [0.15, 0.2) is 30.3 Å². The molecule has 3 rings (SSSR count). The van der Waals surface area contributed by atoms with Crippen LogP contribution in [-0.4, -0.2) is 64.3 Å². The van der Waals surface area contributed by atoms with E-state index >= 15 is 0 Å². The minimum absolute atomic E-state index is 0.255. The fourth-order valence-corrected chi connectivity index (χ4v) is 3.97. The topological polar surface area (TPSA) is 64.1 Å². The number of fused-ring (bicyclic) bond motifs is 1. The number of thiazole rings is 1. The molecule has 9 heteroatoms. The third kappa shape index (κ3) is 4.31. The summed E-state index contributed by atoms with van der Waals surface area (Å²) in [5.41, 5.74) is 0.605. The summed E-state index contributed by atoms with van der Waals surface area (Å²) in [6.45, 7) is 0.985. The molecule has 2 aromatic carbocycles. The highest BCUT2D eigenvalue weighted by atomic mass is 32.1. The summed E-state index contributed by atoms with van der Waals surface area (Å²) in [4.78, 5) is 21.4. The van der Waals surface area contributed by atoms with Gasteiger partial charge in [0.15, 0.2) is 16.6 Å². The third-order valence-corrected chi connectivity index (χ3v) is 5.56. The summed E-state index contributed by atoms with van der Waals surface area (Å²) >= 11 is 1.27. The second-order valence-corrected chi connectivity index (χ2v) is 7.77. The number of hydrogen-bond donors (Lipinski definition) is 0. The predicted octanol–water partition coefficient (Wildman–Crippen LogP) is 3.67. The van der Waals surface area contributed by atoms with E-state index in [0.29, 0.717) is 45.7 Å². The summed E-state index contributed by atoms with van der Waals surface area (Å²) in [7, 11) is 8.32. The largest absolute Gasteiger partial charge is 0.493 e. The highest BCUT2D eigenvalue weighted by Crippen LogP contribution is 2.39. The van der Waals surface area contributed by atoms with E-state index in [1.165, 1.54) is 38.7 Å². The second kappa shape index (κ2) is 9.27. The number of anilines is 1. The van der Waals surface area contributed by atoms with Crippen molar-refractivity contribution in [1.82, 2.24) is 9.88 Å². The molecule has 0 radical (unpaired) electrons. The highest BCUT2D eigenvalue weighted by Gasteiger charge is 2.25. The zero-order valence-electron chi connectivity index (χ0n) is 17.6. The molecular weight excluding hydrogens is 409 g/mol. The number of hydrogen-bond acceptors (Lipinski definition) is 7. The fraction of sp³-hybridized carbons (Fsp3) is 0.333. The number of carbonyl (C=O) groups is 1. The van der Waals surface area contributed by atoms with E-state index in [9.17, 15) is 9.18 Å². The molecule has 0 atom stereocenters. The van der Waals surface area contributed by atoms with Gasteiger partial charge < -0.3 is 19.1 Å². The Balaban J connectivity index is 2.07. The Labute approximate surface area is 178 Å². The van der Waals surface area contributed by atoms with Gasteiger partial charge in [0.1, 0.15) is 11.3 Å². The highest BCUT2D eigenvalue weighted by molar-refractivity contribution is 7.22. The SMILES string of the molecule is COc1cc(C(=O)N(CCN(C)C)c2nc3c(F)cccc3s2)cc(OC)c1OC. The van der Waals surface area contributed by atoms with Crippen molar-refractivity contribution in [1.29, 1.82) is 0 Å². The lowest BCUT2D eigenvalue weighted by Crippen LogP contribution is -2.36. The Morgan fingerprint density at radius 3 is 2.27 bits per heavy atom. The van der Waals surface area contributed by atoms with Crippen molar-refractivity contribution in [2.45, 2.75) is 0 Å². The van der Waals surface area contributed by atoms with E-state index in [-0.39, 0.29) is 11.4 Å². The Kier molecular flexibility index (Phi) is 6.73. The van der Waals surface area contributed by atoms with E-state index in [4.69, 9.17) is 14.2 Å². The molecule has 0 unspecified atom stereocenters. The average molecular weight is 434 g/mol. The molecule has 0 bridgehead atoms. The molecule has 0 aliphatic carbocycles. The number of benzene rings is 2. The number of carbonyl (C=O) groups excluding carboxylic acids is 1. The van der Waals surface area contributed by atoms with Crippen LogP contribution in [0.4, 0.5) is 9.52 Å². The van der Waals surface area contributed by atoms with Crippen LogP contribution >= 0.6 is 11.3 Å². The van der Waals surface area contributed by atoms with Crippen molar-refractivity contribution < 1.29 is 23.4 Å². The lowest BCUT2D eigenvalue weighted by molar-refractivity contribution is 0.0984. The standard InChI is InChI=1S/C21H24FN3O4S/c1-24(2)9-10-25(21-23-18-14(22)7-6-8-17(18)30-21)20(26)13-11-15(27-3)19(29-5)16(12-13)28-4/h6-8,11-12H,9-10H2,1-5H3. The van der Waals surface area contributed by atoms with Gasteiger partial charge in [-0.2, -0.15) is 0 Å². The van der Waals surface area contributed by atoms with Crippen molar-refractivity contribution in [3.05, 3.63) is 41.7 Å². The number of amides is 1. The number of ether oxygens (including phenoxy) is 3. The monoisotopic (exact) mass is 433 g/mol. The molecule has 0 fully saturated rings. The van der Waals surface area contributed by atoms with Gasteiger partial charge in [0, 0.05) is 18.7 Å².